The summed E-state index contributed by atoms with van der Waals surface area (Å²) in [7, 11) is 0. The van der Waals surface area contributed by atoms with Gasteiger partial charge in [-0.3, -0.25) is 9.59 Å². The average Bonchev–Trinajstić information content (AvgIpc) is 2.76. The maximum Gasteiger partial charge on any atom is 0.261 e. The van der Waals surface area contributed by atoms with E-state index in [4.69, 9.17) is 39.5 Å². The molecule has 2 aromatic rings. The Morgan fingerprint density at radius 3 is 2.21 bits per heavy atom. The van der Waals surface area contributed by atoms with Crippen LogP contribution in [0.5, 0.6) is 5.75 Å². The zero-order valence-corrected chi connectivity index (χ0v) is 21.9. The molecule has 0 fully saturated rings. The summed E-state index contributed by atoms with van der Waals surface area (Å²) < 4.78 is 5.79. The van der Waals surface area contributed by atoms with Crippen molar-refractivity contribution in [3.8, 4) is 5.75 Å². The van der Waals surface area contributed by atoms with Gasteiger partial charge in [-0.05, 0) is 74.6 Å². The van der Waals surface area contributed by atoms with Crippen molar-refractivity contribution in [2.75, 3.05) is 6.61 Å². The number of carbonyl (C=O) groups is 2. The molecule has 0 bridgehead atoms. The number of benzene rings is 2. The molecule has 0 aliphatic heterocycles. The molecule has 5 nitrogen and oxygen atoms in total. The lowest BCUT2D eigenvalue weighted by Crippen LogP contribution is -2.51. The maximum absolute atomic E-state index is 13.3. The van der Waals surface area contributed by atoms with Crippen LogP contribution in [0.4, 0.5) is 0 Å². The fourth-order valence-electron chi connectivity index (χ4n) is 3.41. The molecule has 0 aliphatic carbocycles. The molecule has 0 aliphatic rings. The van der Waals surface area contributed by atoms with Crippen LogP contribution in [0.2, 0.25) is 15.1 Å². The molecular weight excluding hydrogens is 483 g/mol. The van der Waals surface area contributed by atoms with E-state index in [1.165, 1.54) is 4.90 Å². The predicted octanol–water partition coefficient (Wildman–Crippen LogP) is 6.36. The van der Waals surface area contributed by atoms with E-state index in [9.17, 15) is 9.59 Å². The summed E-state index contributed by atoms with van der Waals surface area (Å²) in [4.78, 5) is 27.8. The summed E-state index contributed by atoms with van der Waals surface area (Å²) >= 11 is 18.6. The monoisotopic (exact) mass is 512 g/mol. The van der Waals surface area contributed by atoms with Gasteiger partial charge in [0.1, 0.15) is 11.8 Å². The van der Waals surface area contributed by atoms with E-state index >= 15 is 0 Å². The van der Waals surface area contributed by atoms with Gasteiger partial charge in [-0.15, -0.1) is 0 Å². The van der Waals surface area contributed by atoms with Gasteiger partial charge in [0.15, 0.2) is 6.61 Å². The smallest absolute Gasteiger partial charge is 0.261 e. The zero-order valence-electron chi connectivity index (χ0n) is 19.7. The van der Waals surface area contributed by atoms with Gasteiger partial charge in [0, 0.05) is 27.7 Å². The number of rotatable bonds is 10. The first-order chi connectivity index (χ1) is 15.6. The molecule has 33 heavy (non-hydrogen) atoms. The molecule has 0 unspecified atom stereocenters. The number of carbonyl (C=O) groups excluding carboxylic acids is 2. The molecule has 0 heterocycles. The van der Waals surface area contributed by atoms with E-state index in [2.05, 4.69) is 5.32 Å². The standard InChI is InChI=1S/C25H31Cl3N2O3/c1-6-17(5)29-25(32)22(7-2)30(13-18-8-9-19(26)12-21(18)27)23(31)14-33-20-10-15(3)24(28)16(4)11-20/h8-12,17,22H,6-7,13-14H2,1-5H3,(H,29,32)/t17-,22-/m0/s1. The highest BCUT2D eigenvalue weighted by atomic mass is 35.5. The second-order valence-corrected chi connectivity index (χ2v) is 9.38. The van der Waals surface area contributed by atoms with Crippen LogP contribution in [0.3, 0.4) is 0 Å². The number of hydrogen-bond donors (Lipinski definition) is 1. The molecule has 2 rings (SSSR count). The Morgan fingerprint density at radius 1 is 1.03 bits per heavy atom. The van der Waals surface area contributed by atoms with Gasteiger partial charge in [0.2, 0.25) is 5.91 Å². The summed E-state index contributed by atoms with van der Waals surface area (Å²) in [6.07, 6.45) is 1.23. The van der Waals surface area contributed by atoms with Gasteiger partial charge in [-0.25, -0.2) is 0 Å². The van der Waals surface area contributed by atoms with E-state index < -0.39 is 6.04 Å². The van der Waals surface area contributed by atoms with E-state index in [0.29, 0.717) is 32.8 Å². The Kier molecular flexibility index (Phi) is 10.3. The Labute approximate surface area is 211 Å². The fourth-order valence-corrected chi connectivity index (χ4v) is 3.99. The Morgan fingerprint density at radius 2 is 1.67 bits per heavy atom. The Hall–Kier alpha value is -1.95. The van der Waals surface area contributed by atoms with Crippen molar-refractivity contribution in [3.05, 3.63) is 62.1 Å². The van der Waals surface area contributed by atoms with Crippen molar-refractivity contribution in [1.82, 2.24) is 10.2 Å². The number of amides is 2. The molecule has 2 atom stereocenters. The summed E-state index contributed by atoms with van der Waals surface area (Å²) in [6.45, 7) is 9.49. The van der Waals surface area contributed by atoms with Crippen LogP contribution in [0.15, 0.2) is 30.3 Å². The zero-order chi connectivity index (χ0) is 24.7. The van der Waals surface area contributed by atoms with E-state index in [1.54, 1.807) is 30.3 Å². The number of nitrogens with zero attached hydrogens (tertiary/aromatic N) is 1. The minimum absolute atomic E-state index is 0.00103. The molecule has 0 saturated heterocycles. The van der Waals surface area contributed by atoms with E-state index in [0.717, 1.165) is 17.5 Å². The summed E-state index contributed by atoms with van der Waals surface area (Å²) in [5.74, 6) is 0.0187. The second-order valence-electron chi connectivity index (χ2n) is 8.16. The topological polar surface area (TPSA) is 58.6 Å². The Bertz CT molecular complexity index is 974. The predicted molar refractivity (Wildman–Crippen MR) is 135 cm³/mol. The third-order valence-corrected chi connectivity index (χ3v) is 6.70. The number of hydrogen-bond acceptors (Lipinski definition) is 3. The van der Waals surface area contributed by atoms with Gasteiger partial charge < -0.3 is 15.0 Å². The molecule has 2 amide bonds. The number of aryl methyl sites for hydroxylation is 2. The highest BCUT2D eigenvalue weighted by molar-refractivity contribution is 6.35. The minimum Gasteiger partial charge on any atom is -0.484 e. The number of ether oxygens (including phenoxy) is 1. The molecule has 0 radical (unpaired) electrons. The largest absolute Gasteiger partial charge is 0.484 e. The SMILES string of the molecule is CC[C@H](C)NC(=O)[C@H](CC)N(Cc1ccc(Cl)cc1Cl)C(=O)COc1cc(C)c(Cl)c(C)c1. The summed E-state index contributed by atoms with van der Waals surface area (Å²) in [6, 6.07) is 8.00. The molecule has 2 aromatic carbocycles. The third-order valence-electron chi connectivity index (χ3n) is 5.52. The van der Waals surface area contributed by atoms with Crippen molar-refractivity contribution in [2.45, 2.75) is 66.1 Å². The van der Waals surface area contributed by atoms with Crippen molar-refractivity contribution in [2.24, 2.45) is 0 Å². The van der Waals surface area contributed by atoms with Crippen LogP contribution in [-0.4, -0.2) is 35.4 Å². The minimum atomic E-state index is -0.671. The molecule has 0 spiro atoms. The van der Waals surface area contributed by atoms with E-state index in [-0.39, 0.29) is 31.0 Å². The van der Waals surface area contributed by atoms with Crippen molar-refractivity contribution in [1.29, 1.82) is 0 Å². The quantitative estimate of drug-likeness (QED) is 0.402. The van der Waals surface area contributed by atoms with Crippen molar-refractivity contribution >= 4 is 46.6 Å². The summed E-state index contributed by atoms with van der Waals surface area (Å²) in [5.41, 5.74) is 2.42. The lowest BCUT2D eigenvalue weighted by atomic mass is 10.1. The third kappa shape index (κ3) is 7.53. The van der Waals surface area contributed by atoms with Crippen molar-refractivity contribution in [3.63, 3.8) is 0 Å². The highest BCUT2D eigenvalue weighted by Gasteiger charge is 2.30. The normalized spacial score (nSPS) is 12.7. The molecule has 8 heteroatoms. The van der Waals surface area contributed by atoms with Crippen LogP contribution in [0.25, 0.3) is 0 Å². The van der Waals surface area contributed by atoms with Gasteiger partial charge in [-0.1, -0.05) is 54.7 Å². The molecule has 180 valence electrons. The van der Waals surface area contributed by atoms with Crippen LogP contribution in [0, 0.1) is 13.8 Å². The van der Waals surface area contributed by atoms with Gasteiger partial charge in [-0.2, -0.15) is 0 Å². The molecule has 0 aromatic heterocycles. The van der Waals surface area contributed by atoms with Gasteiger partial charge in [0.25, 0.3) is 5.91 Å². The first kappa shape index (κ1) is 27.3. The summed E-state index contributed by atoms with van der Waals surface area (Å²) in [5, 5.41) is 4.58. The van der Waals surface area contributed by atoms with Crippen LogP contribution in [0.1, 0.15) is 50.3 Å². The van der Waals surface area contributed by atoms with Crippen LogP contribution in [-0.2, 0) is 16.1 Å². The van der Waals surface area contributed by atoms with Crippen LogP contribution < -0.4 is 10.1 Å². The highest BCUT2D eigenvalue weighted by Crippen LogP contribution is 2.27. The maximum atomic E-state index is 13.3. The van der Waals surface area contributed by atoms with E-state index in [1.807, 2.05) is 34.6 Å². The van der Waals surface area contributed by atoms with Gasteiger partial charge >= 0.3 is 0 Å². The van der Waals surface area contributed by atoms with Gasteiger partial charge in [0.05, 0.1) is 0 Å². The number of halogens is 3. The van der Waals surface area contributed by atoms with Crippen molar-refractivity contribution < 1.29 is 14.3 Å². The first-order valence-electron chi connectivity index (χ1n) is 11.0. The fraction of sp³-hybridized carbons (Fsp3) is 0.440. The lowest BCUT2D eigenvalue weighted by Gasteiger charge is -2.31. The second kappa shape index (κ2) is 12.5. The number of nitrogens with one attached hydrogen (secondary N) is 1. The molecular formula is C25H31Cl3N2O3. The molecule has 0 saturated carbocycles. The lowest BCUT2D eigenvalue weighted by molar-refractivity contribution is -0.143. The first-order valence-corrected chi connectivity index (χ1v) is 12.1. The average molecular weight is 514 g/mol. The van der Waals surface area contributed by atoms with Crippen LogP contribution >= 0.6 is 34.8 Å². The molecule has 1 N–H and O–H groups in total. The Balaban J connectivity index is 2.29.